The summed E-state index contributed by atoms with van der Waals surface area (Å²) < 4.78 is 0. The van der Waals surface area contributed by atoms with Gasteiger partial charge in [-0.05, 0) is 29.7 Å². The van der Waals surface area contributed by atoms with E-state index in [2.05, 4.69) is 6.92 Å². The van der Waals surface area contributed by atoms with Gasteiger partial charge in [0.1, 0.15) is 0 Å². The van der Waals surface area contributed by atoms with Crippen molar-refractivity contribution in [2.24, 2.45) is 0 Å². The fraction of sp³-hybridized carbons (Fsp3) is 0.100. The fourth-order valence-electron chi connectivity index (χ4n) is 1.42. The van der Waals surface area contributed by atoms with E-state index in [0.717, 1.165) is 16.7 Å². The second kappa shape index (κ2) is 2.21. The second-order valence-corrected chi connectivity index (χ2v) is 2.72. The lowest BCUT2D eigenvalue weighted by Crippen LogP contribution is -1.88. The molecular weight excluding hydrogens is 136 g/mol. The molecule has 1 aliphatic carbocycles. The lowest BCUT2D eigenvalue weighted by molar-refractivity contribution is 0.232. The van der Waals surface area contributed by atoms with Crippen molar-refractivity contribution in [3.63, 3.8) is 0 Å². The Kier molecular flexibility index (Phi) is 1.33. The van der Waals surface area contributed by atoms with Gasteiger partial charge in [0.15, 0.2) is 0 Å². The lowest BCUT2D eigenvalue weighted by Gasteiger charge is -2.01. The van der Waals surface area contributed by atoms with Crippen molar-refractivity contribution in [1.29, 1.82) is 0 Å². The van der Waals surface area contributed by atoms with Gasteiger partial charge in [-0.25, -0.2) is 0 Å². The minimum Gasteiger partial charge on any atom is -0.384 e. The van der Waals surface area contributed by atoms with Crippen LogP contribution in [0.3, 0.4) is 0 Å². The van der Waals surface area contributed by atoms with Crippen LogP contribution in [-0.2, 0) is 0 Å². The number of hydrogen-bond donors (Lipinski definition) is 1. The Bertz CT molecular complexity index is 312. The summed E-state index contributed by atoms with van der Waals surface area (Å²) in [5.74, 6) is 0. The van der Waals surface area contributed by atoms with Gasteiger partial charge in [0.2, 0.25) is 0 Å². The van der Waals surface area contributed by atoms with Gasteiger partial charge < -0.3 is 5.11 Å². The summed E-state index contributed by atoms with van der Waals surface area (Å²) >= 11 is 0. The summed E-state index contributed by atoms with van der Waals surface area (Å²) in [5, 5.41) is 9.44. The smallest absolute Gasteiger partial charge is 0.0983 e. The van der Waals surface area contributed by atoms with Crippen molar-refractivity contribution < 1.29 is 5.11 Å². The highest BCUT2D eigenvalue weighted by molar-refractivity contribution is 5.76. The Morgan fingerprint density at radius 1 is 1.27 bits per heavy atom. The van der Waals surface area contributed by atoms with Gasteiger partial charge in [-0.1, -0.05) is 24.3 Å². The summed E-state index contributed by atoms with van der Waals surface area (Å²) in [6, 6.07) is 7.78. The summed E-state index contributed by atoms with van der Waals surface area (Å²) in [6.45, 7) is 3.83. The molecule has 55 valence electrons. The Balaban J connectivity index is 2.62. The zero-order valence-electron chi connectivity index (χ0n) is 6.12. The molecule has 0 saturated carbocycles. The summed E-state index contributed by atoms with van der Waals surface area (Å²) in [4.78, 5) is 0. The van der Waals surface area contributed by atoms with E-state index in [9.17, 15) is 5.11 Å². The van der Waals surface area contributed by atoms with Crippen LogP contribution in [-0.4, -0.2) is 5.11 Å². The topological polar surface area (TPSA) is 20.2 Å². The highest BCUT2D eigenvalue weighted by Gasteiger charge is 2.17. The van der Waals surface area contributed by atoms with E-state index in [4.69, 9.17) is 0 Å². The minimum atomic E-state index is -0.446. The molecule has 11 heavy (non-hydrogen) atoms. The van der Waals surface area contributed by atoms with E-state index < -0.39 is 6.10 Å². The number of fused-ring (bicyclic) bond motifs is 1. The van der Waals surface area contributed by atoms with E-state index in [1.54, 1.807) is 6.08 Å². The number of benzene rings is 1. The number of aliphatic hydroxyl groups excluding tert-OH is 1. The Hall–Kier alpha value is -1.08. The normalized spacial score (nSPS) is 21.3. The molecule has 0 aromatic heterocycles. The zero-order valence-corrected chi connectivity index (χ0v) is 6.12. The maximum Gasteiger partial charge on any atom is 0.0983 e. The molecule has 0 amide bonds. The van der Waals surface area contributed by atoms with Crippen molar-refractivity contribution in [2.45, 2.75) is 6.10 Å². The molecule has 0 bridgehead atoms. The van der Waals surface area contributed by atoms with E-state index in [0.29, 0.717) is 0 Å². The van der Waals surface area contributed by atoms with Crippen LogP contribution in [0, 0.1) is 6.92 Å². The van der Waals surface area contributed by atoms with Crippen LogP contribution in [0.2, 0.25) is 0 Å². The van der Waals surface area contributed by atoms with Crippen LogP contribution in [0.5, 0.6) is 0 Å². The third-order valence-electron chi connectivity index (χ3n) is 1.98. The Labute approximate surface area is 66.0 Å². The van der Waals surface area contributed by atoms with Crippen LogP contribution >= 0.6 is 0 Å². The fourth-order valence-corrected chi connectivity index (χ4v) is 1.42. The maximum atomic E-state index is 9.44. The number of aliphatic hydroxyl groups is 1. The first-order chi connectivity index (χ1) is 5.29. The molecule has 1 aromatic rings. The molecular formula is C10H9O. The predicted molar refractivity (Wildman–Crippen MR) is 44.7 cm³/mol. The maximum absolute atomic E-state index is 9.44. The Morgan fingerprint density at radius 2 is 2.00 bits per heavy atom. The van der Waals surface area contributed by atoms with Crippen LogP contribution in [0.25, 0.3) is 5.57 Å². The summed E-state index contributed by atoms with van der Waals surface area (Å²) in [5.41, 5.74) is 2.96. The molecule has 0 fully saturated rings. The standard InChI is InChI=1S/C10H9O/c1-7-6-10(11)9-5-3-2-4-8(7)9/h2-6,10-11H,1H2. The van der Waals surface area contributed by atoms with E-state index in [-0.39, 0.29) is 0 Å². The van der Waals surface area contributed by atoms with Gasteiger partial charge >= 0.3 is 0 Å². The molecule has 2 rings (SSSR count). The molecule has 1 heteroatoms. The van der Waals surface area contributed by atoms with Gasteiger partial charge in [-0.3, -0.25) is 0 Å². The quantitative estimate of drug-likeness (QED) is 0.591. The summed E-state index contributed by atoms with van der Waals surface area (Å²) in [6.07, 6.45) is 1.32. The van der Waals surface area contributed by atoms with Gasteiger partial charge in [0.25, 0.3) is 0 Å². The molecule has 1 unspecified atom stereocenters. The van der Waals surface area contributed by atoms with Crippen LogP contribution < -0.4 is 0 Å². The van der Waals surface area contributed by atoms with Gasteiger partial charge in [0, 0.05) is 0 Å². The third-order valence-corrected chi connectivity index (χ3v) is 1.98. The molecule has 1 atom stereocenters. The Morgan fingerprint density at radius 3 is 2.73 bits per heavy atom. The monoisotopic (exact) mass is 145 g/mol. The van der Waals surface area contributed by atoms with Gasteiger partial charge in [-0.2, -0.15) is 0 Å². The van der Waals surface area contributed by atoms with Crippen molar-refractivity contribution in [2.75, 3.05) is 0 Å². The molecule has 1 N–H and O–H groups in total. The summed E-state index contributed by atoms with van der Waals surface area (Å²) in [7, 11) is 0. The van der Waals surface area contributed by atoms with Crippen LogP contribution in [0.1, 0.15) is 17.2 Å². The number of rotatable bonds is 0. The molecule has 1 nitrogen and oxygen atoms in total. The van der Waals surface area contributed by atoms with E-state index in [1.807, 2.05) is 24.3 Å². The molecule has 0 spiro atoms. The lowest BCUT2D eigenvalue weighted by atomic mass is 10.1. The first-order valence-corrected chi connectivity index (χ1v) is 3.60. The van der Waals surface area contributed by atoms with E-state index >= 15 is 0 Å². The van der Waals surface area contributed by atoms with E-state index in [1.165, 1.54) is 0 Å². The predicted octanol–water partition coefficient (Wildman–Crippen LogP) is 1.95. The highest BCUT2D eigenvalue weighted by atomic mass is 16.3. The second-order valence-electron chi connectivity index (χ2n) is 2.72. The van der Waals surface area contributed by atoms with Crippen molar-refractivity contribution in [3.8, 4) is 0 Å². The molecule has 1 radical (unpaired) electrons. The molecule has 1 aliphatic rings. The minimum absolute atomic E-state index is 0.446. The SMILES string of the molecule is [CH2]C1=CC(O)c2ccccc21. The van der Waals surface area contributed by atoms with Crippen molar-refractivity contribution in [1.82, 2.24) is 0 Å². The third kappa shape index (κ3) is 0.889. The average molecular weight is 145 g/mol. The van der Waals surface area contributed by atoms with Gasteiger partial charge in [-0.15, -0.1) is 0 Å². The first-order valence-electron chi connectivity index (χ1n) is 3.60. The number of allylic oxidation sites excluding steroid dienone is 1. The molecule has 0 saturated heterocycles. The van der Waals surface area contributed by atoms with Crippen molar-refractivity contribution >= 4 is 5.57 Å². The molecule has 0 heterocycles. The molecule has 0 aliphatic heterocycles. The largest absolute Gasteiger partial charge is 0.384 e. The zero-order chi connectivity index (χ0) is 7.84. The highest BCUT2D eigenvalue weighted by Crippen LogP contribution is 2.32. The molecule has 1 aromatic carbocycles. The van der Waals surface area contributed by atoms with Crippen molar-refractivity contribution in [3.05, 3.63) is 48.4 Å². The first kappa shape index (κ1) is 6.62. The van der Waals surface area contributed by atoms with Crippen LogP contribution in [0.15, 0.2) is 30.3 Å². The average Bonchev–Trinajstić information content (AvgIpc) is 2.30. The number of hydrogen-bond acceptors (Lipinski definition) is 1. The van der Waals surface area contributed by atoms with Crippen LogP contribution in [0.4, 0.5) is 0 Å². The van der Waals surface area contributed by atoms with Gasteiger partial charge in [0.05, 0.1) is 6.10 Å².